The topological polar surface area (TPSA) is 95.9 Å². The predicted molar refractivity (Wildman–Crippen MR) is 103 cm³/mol. The van der Waals surface area contributed by atoms with E-state index in [1.165, 1.54) is 4.90 Å². The molecule has 1 aliphatic heterocycles. The molecule has 0 spiro atoms. The number of hydrogen-bond donors (Lipinski definition) is 2. The molecule has 1 heterocycles. The van der Waals surface area contributed by atoms with Gasteiger partial charge in [-0.15, -0.1) is 0 Å². The minimum atomic E-state index is -1.17. The minimum absolute atomic E-state index is 0.174. The molecular formula is C20H36N2O5. The van der Waals surface area contributed by atoms with Crippen LogP contribution in [0.15, 0.2) is 0 Å². The van der Waals surface area contributed by atoms with E-state index in [1.807, 2.05) is 20.8 Å². The summed E-state index contributed by atoms with van der Waals surface area (Å²) >= 11 is 0. The fourth-order valence-electron chi connectivity index (χ4n) is 3.14. The van der Waals surface area contributed by atoms with Crippen molar-refractivity contribution in [2.75, 3.05) is 13.2 Å². The van der Waals surface area contributed by atoms with Crippen LogP contribution in [0.2, 0.25) is 0 Å². The summed E-state index contributed by atoms with van der Waals surface area (Å²) < 4.78 is 5.30. The van der Waals surface area contributed by atoms with E-state index in [2.05, 4.69) is 5.32 Å². The second-order valence-corrected chi connectivity index (χ2v) is 8.09. The molecule has 1 unspecified atom stereocenters. The van der Waals surface area contributed by atoms with Crippen LogP contribution in [0, 0.1) is 11.8 Å². The Morgan fingerprint density at radius 3 is 2.44 bits per heavy atom. The molecule has 1 rings (SSSR count). The first-order valence-corrected chi connectivity index (χ1v) is 10.1. The highest BCUT2D eigenvalue weighted by molar-refractivity contribution is 5.92. The van der Waals surface area contributed by atoms with Gasteiger partial charge in [0.25, 0.3) is 0 Å². The summed E-state index contributed by atoms with van der Waals surface area (Å²) in [5.41, 5.74) is 0. The van der Waals surface area contributed by atoms with Crippen molar-refractivity contribution in [2.24, 2.45) is 11.8 Å². The van der Waals surface area contributed by atoms with Gasteiger partial charge in [-0.05, 0) is 37.5 Å². The highest BCUT2D eigenvalue weighted by atomic mass is 16.5. The number of aliphatic hydroxyl groups excluding tert-OH is 1. The van der Waals surface area contributed by atoms with Crippen molar-refractivity contribution in [3.8, 4) is 0 Å². The molecule has 7 heteroatoms. The average molecular weight is 385 g/mol. The van der Waals surface area contributed by atoms with Crippen molar-refractivity contribution in [1.29, 1.82) is 0 Å². The van der Waals surface area contributed by atoms with E-state index in [0.29, 0.717) is 26.0 Å². The number of likely N-dealkylation sites (tertiary alicyclic amines) is 1. The van der Waals surface area contributed by atoms with E-state index in [-0.39, 0.29) is 23.7 Å². The maximum atomic E-state index is 13.1. The lowest BCUT2D eigenvalue weighted by Gasteiger charge is -2.30. The summed E-state index contributed by atoms with van der Waals surface area (Å²) in [5, 5.41) is 12.7. The lowest BCUT2D eigenvalue weighted by Crippen LogP contribution is -2.54. The smallest absolute Gasteiger partial charge is 0.328 e. The SMILES string of the molecule is CCCCOC(=O)[C@@H]1CCCN1C(=O)[C@H](CC(C)C)NC(=O)C(O)C(C)C. The molecule has 156 valence electrons. The monoisotopic (exact) mass is 384 g/mol. The van der Waals surface area contributed by atoms with Crippen molar-refractivity contribution in [2.45, 2.75) is 84.9 Å². The van der Waals surface area contributed by atoms with E-state index >= 15 is 0 Å². The molecule has 0 bridgehead atoms. The van der Waals surface area contributed by atoms with Crippen molar-refractivity contribution < 1.29 is 24.2 Å². The Morgan fingerprint density at radius 1 is 1.22 bits per heavy atom. The summed E-state index contributed by atoms with van der Waals surface area (Å²) in [7, 11) is 0. The van der Waals surface area contributed by atoms with E-state index in [0.717, 1.165) is 19.3 Å². The molecule has 3 atom stereocenters. The largest absolute Gasteiger partial charge is 0.464 e. The van der Waals surface area contributed by atoms with Crippen LogP contribution in [0.5, 0.6) is 0 Å². The normalized spacial score (nSPS) is 19.3. The maximum absolute atomic E-state index is 13.1. The number of carbonyl (C=O) groups is 3. The first-order valence-electron chi connectivity index (χ1n) is 10.1. The van der Waals surface area contributed by atoms with Crippen molar-refractivity contribution in [1.82, 2.24) is 10.2 Å². The number of unbranched alkanes of at least 4 members (excludes halogenated alkanes) is 1. The van der Waals surface area contributed by atoms with Gasteiger partial charge < -0.3 is 20.1 Å². The molecule has 0 saturated carbocycles. The highest BCUT2D eigenvalue weighted by Crippen LogP contribution is 2.21. The van der Waals surface area contributed by atoms with Gasteiger partial charge in [0.05, 0.1) is 6.61 Å². The van der Waals surface area contributed by atoms with Crippen LogP contribution < -0.4 is 5.32 Å². The van der Waals surface area contributed by atoms with Crippen LogP contribution in [0.25, 0.3) is 0 Å². The van der Waals surface area contributed by atoms with Gasteiger partial charge >= 0.3 is 5.97 Å². The van der Waals surface area contributed by atoms with Gasteiger partial charge in [-0.3, -0.25) is 9.59 Å². The predicted octanol–water partition coefficient (Wildman–Crippen LogP) is 1.87. The maximum Gasteiger partial charge on any atom is 0.328 e. The van der Waals surface area contributed by atoms with Crippen molar-refractivity contribution >= 4 is 17.8 Å². The van der Waals surface area contributed by atoms with Gasteiger partial charge in [0.2, 0.25) is 11.8 Å². The Balaban J connectivity index is 2.83. The van der Waals surface area contributed by atoms with E-state index in [9.17, 15) is 19.5 Å². The Kier molecular flexibility index (Phi) is 9.77. The molecule has 2 N–H and O–H groups in total. The first kappa shape index (κ1) is 23.4. The molecule has 1 aliphatic rings. The Hall–Kier alpha value is -1.63. The van der Waals surface area contributed by atoms with Gasteiger partial charge in [-0.25, -0.2) is 4.79 Å². The minimum Gasteiger partial charge on any atom is -0.464 e. The summed E-state index contributed by atoms with van der Waals surface area (Å²) in [5.74, 6) is -1.26. The molecule has 2 amide bonds. The van der Waals surface area contributed by atoms with Gasteiger partial charge in [0.15, 0.2) is 0 Å². The number of aliphatic hydroxyl groups is 1. The zero-order valence-corrected chi connectivity index (χ0v) is 17.4. The molecule has 0 aromatic carbocycles. The molecule has 1 fully saturated rings. The highest BCUT2D eigenvalue weighted by Gasteiger charge is 2.39. The van der Waals surface area contributed by atoms with Crippen LogP contribution in [-0.4, -0.2) is 59.1 Å². The van der Waals surface area contributed by atoms with Gasteiger partial charge in [0.1, 0.15) is 18.2 Å². The number of amides is 2. The van der Waals surface area contributed by atoms with Gasteiger partial charge in [0, 0.05) is 6.54 Å². The summed E-state index contributed by atoms with van der Waals surface area (Å²) in [6, 6.07) is -1.34. The molecule has 7 nitrogen and oxygen atoms in total. The Morgan fingerprint density at radius 2 is 1.89 bits per heavy atom. The number of carbonyl (C=O) groups excluding carboxylic acids is 3. The van der Waals surface area contributed by atoms with Crippen LogP contribution in [0.3, 0.4) is 0 Å². The third kappa shape index (κ3) is 7.13. The number of esters is 1. The fourth-order valence-corrected chi connectivity index (χ4v) is 3.14. The molecule has 0 aromatic heterocycles. The second-order valence-electron chi connectivity index (χ2n) is 8.09. The standard InChI is InChI=1S/C20H36N2O5/c1-6-7-11-27-20(26)16-9-8-10-22(16)19(25)15(12-13(2)3)21-18(24)17(23)14(4)5/h13-17,23H,6-12H2,1-5H3,(H,21,24)/t15-,16-,17?/m0/s1. The number of rotatable bonds is 10. The van der Waals surface area contributed by atoms with E-state index in [4.69, 9.17) is 4.74 Å². The van der Waals surface area contributed by atoms with Crippen LogP contribution in [0.1, 0.15) is 66.7 Å². The zero-order chi connectivity index (χ0) is 20.6. The molecule has 27 heavy (non-hydrogen) atoms. The summed E-state index contributed by atoms with van der Waals surface area (Å²) in [4.78, 5) is 39.2. The average Bonchev–Trinajstić information content (AvgIpc) is 3.09. The lowest BCUT2D eigenvalue weighted by molar-refractivity contribution is -0.154. The van der Waals surface area contributed by atoms with Gasteiger partial charge in [-0.2, -0.15) is 0 Å². The van der Waals surface area contributed by atoms with Crippen LogP contribution >= 0.6 is 0 Å². The third-order valence-corrected chi connectivity index (χ3v) is 4.77. The first-order chi connectivity index (χ1) is 12.7. The summed E-state index contributed by atoms with van der Waals surface area (Å²) in [6.45, 7) is 10.3. The summed E-state index contributed by atoms with van der Waals surface area (Å²) in [6.07, 6.45) is 2.32. The van der Waals surface area contributed by atoms with Crippen molar-refractivity contribution in [3.63, 3.8) is 0 Å². The zero-order valence-electron chi connectivity index (χ0n) is 17.4. The number of hydrogen-bond acceptors (Lipinski definition) is 5. The number of nitrogens with zero attached hydrogens (tertiary/aromatic N) is 1. The second kappa shape index (κ2) is 11.3. The molecular weight excluding hydrogens is 348 g/mol. The van der Waals surface area contributed by atoms with Crippen molar-refractivity contribution in [3.05, 3.63) is 0 Å². The van der Waals surface area contributed by atoms with Crippen LogP contribution in [0.4, 0.5) is 0 Å². The third-order valence-electron chi connectivity index (χ3n) is 4.77. The molecule has 0 aromatic rings. The molecule has 0 aliphatic carbocycles. The lowest BCUT2D eigenvalue weighted by atomic mass is 10.0. The van der Waals surface area contributed by atoms with E-state index < -0.39 is 24.1 Å². The fraction of sp³-hybridized carbons (Fsp3) is 0.850. The van der Waals surface area contributed by atoms with Gasteiger partial charge in [-0.1, -0.05) is 41.0 Å². The number of ether oxygens (including phenoxy) is 1. The Bertz CT molecular complexity index is 507. The molecule has 0 radical (unpaired) electrons. The Labute approximate surface area is 162 Å². The van der Waals surface area contributed by atoms with E-state index in [1.54, 1.807) is 13.8 Å². The molecule has 1 saturated heterocycles. The quantitative estimate of drug-likeness (QED) is 0.443. The van der Waals surface area contributed by atoms with Crippen LogP contribution in [-0.2, 0) is 19.1 Å². The number of nitrogens with one attached hydrogen (secondary N) is 1.